The number of furan rings is 1. The maximum atomic E-state index is 12.2. The number of halogens is 3. The Bertz CT molecular complexity index is 1080. The summed E-state index contributed by atoms with van der Waals surface area (Å²) in [6.45, 7) is 1.69. The first-order chi connectivity index (χ1) is 14.3. The minimum atomic E-state index is -0.524. The highest BCUT2D eigenvalue weighted by atomic mass is 35.5. The molecule has 0 saturated heterocycles. The second kappa shape index (κ2) is 9.89. The third-order valence-corrected chi connectivity index (χ3v) is 4.80. The second-order valence-corrected chi connectivity index (χ2v) is 7.60. The molecule has 3 rings (SSSR count). The highest BCUT2D eigenvalue weighted by Gasteiger charge is 2.14. The van der Waals surface area contributed by atoms with E-state index in [1.807, 2.05) is 6.92 Å². The molecular formula is C21H17Cl3N2O4. The fraction of sp³-hybridized carbons (Fsp3) is 0.143. The van der Waals surface area contributed by atoms with Crippen LogP contribution in [0.2, 0.25) is 15.1 Å². The number of aryl methyl sites for hydroxylation is 1. The normalized spacial score (nSPS) is 10.5. The molecule has 9 heteroatoms. The summed E-state index contributed by atoms with van der Waals surface area (Å²) in [5, 5.41) is 6.57. The highest BCUT2D eigenvalue weighted by Crippen LogP contribution is 2.28. The average molecular weight is 468 g/mol. The Balaban J connectivity index is 1.51. The zero-order valence-corrected chi connectivity index (χ0v) is 18.1. The van der Waals surface area contributed by atoms with Crippen molar-refractivity contribution in [3.05, 3.63) is 80.7 Å². The summed E-state index contributed by atoms with van der Waals surface area (Å²) in [4.78, 5) is 24.3. The summed E-state index contributed by atoms with van der Waals surface area (Å²) in [6, 6.07) is 13.1. The SMILES string of the molecule is Cc1ccc(Cl)cc1NC(=O)CNC(=O)c1ccc(COc2ccc(Cl)cc2Cl)o1. The molecule has 2 amide bonds. The standard InChI is InChI=1S/C21H17Cl3N2O4/c1-12-2-3-14(23)9-17(12)26-20(27)10-25-21(28)19-7-5-15(30-19)11-29-18-6-4-13(22)8-16(18)24/h2-9H,10-11H2,1H3,(H,25,28)(H,26,27). The first-order valence-corrected chi connectivity index (χ1v) is 9.96. The first kappa shape index (κ1) is 22.0. The van der Waals surface area contributed by atoms with E-state index < -0.39 is 5.91 Å². The Labute approximate surface area is 188 Å². The fourth-order valence-electron chi connectivity index (χ4n) is 2.49. The molecule has 0 saturated carbocycles. The molecule has 0 spiro atoms. The fourth-order valence-corrected chi connectivity index (χ4v) is 3.12. The van der Waals surface area contributed by atoms with Crippen LogP contribution in [0, 0.1) is 6.92 Å². The van der Waals surface area contributed by atoms with Crippen molar-refractivity contribution in [1.29, 1.82) is 0 Å². The largest absolute Gasteiger partial charge is 0.484 e. The molecular weight excluding hydrogens is 451 g/mol. The van der Waals surface area contributed by atoms with Crippen molar-refractivity contribution in [1.82, 2.24) is 5.32 Å². The number of ether oxygens (including phenoxy) is 1. The van der Waals surface area contributed by atoms with Gasteiger partial charge in [0.15, 0.2) is 5.76 Å². The van der Waals surface area contributed by atoms with E-state index in [0.29, 0.717) is 32.3 Å². The van der Waals surface area contributed by atoms with Gasteiger partial charge in [0, 0.05) is 15.7 Å². The maximum absolute atomic E-state index is 12.2. The van der Waals surface area contributed by atoms with Gasteiger partial charge in [0.1, 0.15) is 18.1 Å². The minimum absolute atomic E-state index is 0.0579. The van der Waals surface area contributed by atoms with Gasteiger partial charge in [-0.1, -0.05) is 40.9 Å². The van der Waals surface area contributed by atoms with Crippen molar-refractivity contribution < 1.29 is 18.7 Å². The van der Waals surface area contributed by atoms with Gasteiger partial charge < -0.3 is 19.8 Å². The third-order valence-electron chi connectivity index (χ3n) is 4.03. The van der Waals surface area contributed by atoms with Crippen LogP contribution in [0.15, 0.2) is 52.9 Å². The molecule has 6 nitrogen and oxygen atoms in total. The van der Waals surface area contributed by atoms with Gasteiger partial charge in [-0.15, -0.1) is 0 Å². The molecule has 1 aromatic heterocycles. The van der Waals surface area contributed by atoms with E-state index in [4.69, 9.17) is 44.0 Å². The summed E-state index contributed by atoms with van der Waals surface area (Å²) in [7, 11) is 0. The number of amides is 2. The number of carbonyl (C=O) groups is 2. The number of hydrogen-bond acceptors (Lipinski definition) is 4. The van der Waals surface area contributed by atoms with Crippen LogP contribution in [0.1, 0.15) is 21.9 Å². The monoisotopic (exact) mass is 466 g/mol. The summed E-state index contributed by atoms with van der Waals surface area (Å²) in [5.74, 6) is 0.00843. The van der Waals surface area contributed by atoms with Crippen LogP contribution in [0.25, 0.3) is 0 Å². The van der Waals surface area contributed by atoms with E-state index in [-0.39, 0.29) is 24.8 Å². The number of rotatable bonds is 7. The van der Waals surface area contributed by atoms with E-state index in [9.17, 15) is 9.59 Å². The van der Waals surface area contributed by atoms with Crippen molar-refractivity contribution in [3.63, 3.8) is 0 Å². The van der Waals surface area contributed by atoms with Gasteiger partial charge in [0.2, 0.25) is 5.91 Å². The van der Waals surface area contributed by atoms with Crippen molar-refractivity contribution in [2.45, 2.75) is 13.5 Å². The van der Waals surface area contributed by atoms with Gasteiger partial charge in [-0.25, -0.2) is 0 Å². The molecule has 0 unspecified atom stereocenters. The Morgan fingerprint density at radius 2 is 1.73 bits per heavy atom. The molecule has 2 aromatic carbocycles. The van der Waals surface area contributed by atoms with Crippen LogP contribution in [0.5, 0.6) is 5.75 Å². The molecule has 0 aliphatic heterocycles. The molecule has 2 N–H and O–H groups in total. The van der Waals surface area contributed by atoms with Gasteiger partial charge in [-0.05, 0) is 55.0 Å². The summed E-state index contributed by atoms with van der Waals surface area (Å²) in [5.41, 5.74) is 1.44. The predicted octanol–water partition coefficient (Wildman–Crippen LogP) is 5.50. The Morgan fingerprint density at radius 1 is 1.00 bits per heavy atom. The molecule has 3 aromatic rings. The van der Waals surface area contributed by atoms with Crippen molar-refractivity contribution in [2.75, 3.05) is 11.9 Å². The van der Waals surface area contributed by atoms with Crippen LogP contribution in [0.4, 0.5) is 5.69 Å². The lowest BCUT2D eigenvalue weighted by atomic mass is 10.2. The lowest BCUT2D eigenvalue weighted by molar-refractivity contribution is -0.115. The zero-order valence-electron chi connectivity index (χ0n) is 15.8. The third kappa shape index (κ3) is 5.92. The Kier molecular flexibility index (Phi) is 7.26. The van der Waals surface area contributed by atoms with E-state index in [2.05, 4.69) is 10.6 Å². The van der Waals surface area contributed by atoms with Gasteiger partial charge in [-0.3, -0.25) is 9.59 Å². The van der Waals surface area contributed by atoms with Crippen LogP contribution < -0.4 is 15.4 Å². The molecule has 0 aliphatic carbocycles. The first-order valence-electron chi connectivity index (χ1n) is 8.82. The molecule has 1 heterocycles. The molecule has 0 atom stereocenters. The van der Waals surface area contributed by atoms with Crippen molar-refractivity contribution in [2.24, 2.45) is 0 Å². The zero-order chi connectivity index (χ0) is 21.7. The number of hydrogen-bond donors (Lipinski definition) is 2. The minimum Gasteiger partial charge on any atom is -0.484 e. The van der Waals surface area contributed by atoms with Gasteiger partial charge in [-0.2, -0.15) is 0 Å². The molecule has 0 radical (unpaired) electrons. The van der Waals surface area contributed by atoms with Gasteiger partial charge in [0.25, 0.3) is 5.91 Å². The van der Waals surface area contributed by atoms with Crippen molar-refractivity contribution in [3.8, 4) is 5.75 Å². The van der Waals surface area contributed by atoms with E-state index in [1.165, 1.54) is 6.07 Å². The van der Waals surface area contributed by atoms with Gasteiger partial charge >= 0.3 is 0 Å². The van der Waals surface area contributed by atoms with Crippen LogP contribution in [-0.2, 0) is 11.4 Å². The lowest BCUT2D eigenvalue weighted by Gasteiger charge is -2.09. The quantitative estimate of drug-likeness (QED) is 0.481. The maximum Gasteiger partial charge on any atom is 0.287 e. The van der Waals surface area contributed by atoms with Crippen LogP contribution >= 0.6 is 34.8 Å². The predicted molar refractivity (Wildman–Crippen MR) is 117 cm³/mol. The summed E-state index contributed by atoms with van der Waals surface area (Å²) < 4.78 is 11.0. The summed E-state index contributed by atoms with van der Waals surface area (Å²) >= 11 is 17.8. The average Bonchev–Trinajstić information content (AvgIpc) is 3.17. The van der Waals surface area contributed by atoms with Gasteiger partial charge in [0.05, 0.1) is 11.6 Å². The topological polar surface area (TPSA) is 80.6 Å². The number of anilines is 1. The lowest BCUT2D eigenvalue weighted by Crippen LogP contribution is -2.32. The number of nitrogens with one attached hydrogen (secondary N) is 2. The van der Waals surface area contributed by atoms with E-state index in [1.54, 1.807) is 42.5 Å². The highest BCUT2D eigenvalue weighted by molar-refractivity contribution is 6.35. The molecule has 0 aliphatic rings. The smallest absolute Gasteiger partial charge is 0.287 e. The van der Waals surface area contributed by atoms with E-state index >= 15 is 0 Å². The summed E-state index contributed by atoms with van der Waals surface area (Å²) in [6.07, 6.45) is 0. The Hall–Kier alpha value is -2.67. The number of carbonyl (C=O) groups excluding carboxylic acids is 2. The van der Waals surface area contributed by atoms with E-state index in [0.717, 1.165) is 5.56 Å². The molecule has 0 bridgehead atoms. The second-order valence-electron chi connectivity index (χ2n) is 6.32. The molecule has 30 heavy (non-hydrogen) atoms. The molecule has 156 valence electrons. The number of benzene rings is 2. The Morgan fingerprint density at radius 3 is 2.50 bits per heavy atom. The van der Waals surface area contributed by atoms with Crippen molar-refractivity contribution >= 4 is 52.3 Å². The van der Waals surface area contributed by atoms with Crippen LogP contribution in [-0.4, -0.2) is 18.4 Å². The van der Waals surface area contributed by atoms with Crippen LogP contribution in [0.3, 0.4) is 0 Å². The molecule has 0 fully saturated rings.